The van der Waals surface area contributed by atoms with Crippen LogP contribution in [0.15, 0.2) is 24.3 Å². The zero-order chi connectivity index (χ0) is 14.0. The number of carbonyl (C=O) groups is 1. The lowest BCUT2D eigenvalue weighted by Crippen LogP contribution is -2.42. The molecule has 0 radical (unpaired) electrons. The summed E-state index contributed by atoms with van der Waals surface area (Å²) < 4.78 is 0. The van der Waals surface area contributed by atoms with Crippen molar-refractivity contribution in [2.45, 2.75) is 50.5 Å². The van der Waals surface area contributed by atoms with Gasteiger partial charge < -0.3 is 5.11 Å². The molecule has 3 nitrogen and oxygen atoms in total. The molecule has 1 saturated heterocycles. The van der Waals surface area contributed by atoms with Crippen LogP contribution in [0.1, 0.15) is 49.7 Å². The molecule has 1 heterocycles. The Balaban J connectivity index is 1.69. The van der Waals surface area contributed by atoms with Gasteiger partial charge in [-0.3, -0.25) is 9.69 Å². The third-order valence-electron chi connectivity index (χ3n) is 4.98. The number of nitrogens with zero attached hydrogens (tertiary/aromatic N) is 1. The van der Waals surface area contributed by atoms with E-state index < -0.39 is 11.4 Å². The first-order valence-electron chi connectivity index (χ1n) is 7.76. The van der Waals surface area contributed by atoms with Crippen LogP contribution in [0.2, 0.25) is 0 Å². The van der Waals surface area contributed by atoms with Crippen molar-refractivity contribution in [1.82, 2.24) is 4.90 Å². The summed E-state index contributed by atoms with van der Waals surface area (Å²) in [4.78, 5) is 14.0. The smallest absolute Gasteiger partial charge is 0.314 e. The van der Waals surface area contributed by atoms with Gasteiger partial charge >= 0.3 is 5.97 Å². The van der Waals surface area contributed by atoms with E-state index >= 15 is 0 Å². The van der Waals surface area contributed by atoms with E-state index in [-0.39, 0.29) is 0 Å². The zero-order valence-corrected chi connectivity index (χ0v) is 12.0. The van der Waals surface area contributed by atoms with Crippen molar-refractivity contribution >= 4 is 5.97 Å². The van der Waals surface area contributed by atoms with Crippen LogP contribution >= 0.6 is 0 Å². The molecule has 1 aliphatic carbocycles. The molecule has 3 rings (SSSR count). The maximum Gasteiger partial charge on any atom is 0.314 e. The van der Waals surface area contributed by atoms with Crippen LogP contribution in [0.3, 0.4) is 0 Å². The molecule has 108 valence electrons. The van der Waals surface area contributed by atoms with Crippen molar-refractivity contribution in [2.75, 3.05) is 13.1 Å². The maximum absolute atomic E-state index is 11.5. The van der Waals surface area contributed by atoms with Crippen LogP contribution in [-0.2, 0) is 16.8 Å². The van der Waals surface area contributed by atoms with Crippen LogP contribution in [0.25, 0.3) is 0 Å². The van der Waals surface area contributed by atoms with Crippen LogP contribution in [0.5, 0.6) is 0 Å². The normalized spacial score (nSPS) is 22.2. The molecule has 2 aliphatic rings. The first-order chi connectivity index (χ1) is 9.71. The fourth-order valence-electron chi connectivity index (χ4n) is 3.46. The summed E-state index contributed by atoms with van der Waals surface area (Å²) in [6, 6.07) is 8.30. The molecule has 1 aliphatic heterocycles. The lowest BCUT2D eigenvalue weighted by molar-refractivity contribution is -0.147. The Bertz CT molecular complexity index is 470. The molecule has 1 saturated carbocycles. The van der Waals surface area contributed by atoms with Crippen LogP contribution < -0.4 is 0 Å². The summed E-state index contributed by atoms with van der Waals surface area (Å²) >= 11 is 0. The lowest BCUT2D eigenvalue weighted by Gasteiger charge is -2.38. The molecule has 2 fully saturated rings. The molecule has 1 N–H and O–H groups in total. The van der Waals surface area contributed by atoms with E-state index in [2.05, 4.69) is 17.0 Å². The molecule has 0 atom stereocenters. The van der Waals surface area contributed by atoms with Gasteiger partial charge in [0.25, 0.3) is 0 Å². The predicted octanol–water partition coefficient (Wildman–Crippen LogP) is 3.18. The minimum Gasteiger partial charge on any atom is -0.481 e. The summed E-state index contributed by atoms with van der Waals surface area (Å²) in [6.45, 7) is 3.39. The van der Waals surface area contributed by atoms with Gasteiger partial charge in [0.2, 0.25) is 0 Å². The van der Waals surface area contributed by atoms with Crippen LogP contribution in [0.4, 0.5) is 0 Å². The Morgan fingerprint density at radius 2 is 1.70 bits per heavy atom. The van der Waals surface area contributed by atoms with Crippen molar-refractivity contribution in [3.63, 3.8) is 0 Å². The summed E-state index contributed by atoms with van der Waals surface area (Å²) in [5.41, 5.74) is 1.69. The molecule has 0 bridgehead atoms. The van der Waals surface area contributed by atoms with Crippen molar-refractivity contribution in [2.24, 2.45) is 0 Å². The fraction of sp³-hybridized carbons (Fsp3) is 0.588. The summed E-state index contributed by atoms with van der Waals surface area (Å²) in [7, 11) is 0. The Morgan fingerprint density at radius 1 is 1.05 bits per heavy atom. The van der Waals surface area contributed by atoms with Gasteiger partial charge in [0.1, 0.15) is 0 Å². The average Bonchev–Trinajstić information content (AvgIpc) is 2.40. The largest absolute Gasteiger partial charge is 0.481 e. The fourth-order valence-corrected chi connectivity index (χ4v) is 3.46. The number of hydrogen-bond acceptors (Lipinski definition) is 2. The lowest BCUT2D eigenvalue weighted by atomic mass is 9.64. The topological polar surface area (TPSA) is 40.5 Å². The van der Waals surface area contributed by atoms with E-state index in [4.69, 9.17) is 0 Å². The summed E-state index contributed by atoms with van der Waals surface area (Å²) in [5, 5.41) is 9.46. The molecule has 0 amide bonds. The Hall–Kier alpha value is -1.35. The van der Waals surface area contributed by atoms with Crippen molar-refractivity contribution in [3.05, 3.63) is 35.4 Å². The second-order valence-electron chi connectivity index (χ2n) is 6.27. The molecule has 20 heavy (non-hydrogen) atoms. The van der Waals surface area contributed by atoms with Gasteiger partial charge in [-0.25, -0.2) is 0 Å². The molecule has 1 aromatic carbocycles. The maximum atomic E-state index is 11.5. The minimum atomic E-state index is -0.660. The molecular weight excluding hydrogens is 250 g/mol. The number of carboxylic acid groups (broad SMARTS) is 1. The molecular formula is C17H23NO2. The number of benzene rings is 1. The van der Waals surface area contributed by atoms with Gasteiger partial charge in [-0.15, -0.1) is 0 Å². The zero-order valence-electron chi connectivity index (χ0n) is 12.0. The average molecular weight is 273 g/mol. The molecule has 0 unspecified atom stereocenters. The standard InChI is InChI=1S/C17H23NO2/c19-16(20)17(9-4-10-17)15-7-5-14(6-8-15)13-18-11-2-1-3-12-18/h5-8H,1-4,9-13H2,(H,19,20). The molecule has 3 heteroatoms. The van der Waals surface area contributed by atoms with Gasteiger partial charge in [0.15, 0.2) is 0 Å². The van der Waals surface area contributed by atoms with Gasteiger partial charge in [-0.1, -0.05) is 37.1 Å². The van der Waals surface area contributed by atoms with E-state index in [0.717, 1.165) is 31.4 Å². The van der Waals surface area contributed by atoms with Crippen molar-refractivity contribution in [1.29, 1.82) is 0 Å². The molecule has 0 aromatic heterocycles. The van der Waals surface area contributed by atoms with Gasteiger partial charge in [0.05, 0.1) is 5.41 Å². The number of likely N-dealkylation sites (tertiary alicyclic amines) is 1. The highest BCUT2D eigenvalue weighted by atomic mass is 16.4. The van der Waals surface area contributed by atoms with E-state index in [1.54, 1.807) is 0 Å². The quantitative estimate of drug-likeness (QED) is 0.916. The Kier molecular flexibility index (Phi) is 3.79. The van der Waals surface area contributed by atoms with Gasteiger partial charge in [-0.05, 0) is 49.9 Å². The second kappa shape index (κ2) is 5.57. The third-order valence-corrected chi connectivity index (χ3v) is 4.98. The van der Waals surface area contributed by atoms with E-state index in [9.17, 15) is 9.90 Å². The van der Waals surface area contributed by atoms with Crippen molar-refractivity contribution < 1.29 is 9.90 Å². The van der Waals surface area contributed by atoms with E-state index in [1.165, 1.54) is 37.9 Å². The summed E-state index contributed by atoms with van der Waals surface area (Å²) in [6.07, 6.45) is 6.57. The van der Waals surface area contributed by atoms with Crippen LogP contribution in [0, 0.1) is 0 Å². The summed E-state index contributed by atoms with van der Waals surface area (Å²) in [5.74, 6) is -0.660. The highest BCUT2D eigenvalue weighted by Gasteiger charge is 2.45. The highest BCUT2D eigenvalue weighted by Crippen LogP contribution is 2.44. The Morgan fingerprint density at radius 3 is 2.20 bits per heavy atom. The first kappa shape index (κ1) is 13.6. The van der Waals surface area contributed by atoms with Crippen molar-refractivity contribution in [3.8, 4) is 0 Å². The molecule has 0 spiro atoms. The monoisotopic (exact) mass is 273 g/mol. The number of aliphatic carboxylic acids is 1. The predicted molar refractivity (Wildman–Crippen MR) is 78.7 cm³/mol. The molecule has 1 aromatic rings. The van der Waals surface area contributed by atoms with Crippen LogP contribution in [-0.4, -0.2) is 29.1 Å². The third kappa shape index (κ3) is 2.47. The first-order valence-corrected chi connectivity index (χ1v) is 7.76. The Labute approximate surface area is 120 Å². The second-order valence-corrected chi connectivity index (χ2v) is 6.27. The van der Waals surface area contributed by atoms with E-state index in [1.807, 2.05) is 12.1 Å². The number of rotatable bonds is 4. The highest BCUT2D eigenvalue weighted by molar-refractivity contribution is 5.82. The SMILES string of the molecule is O=C(O)C1(c2ccc(CN3CCCCC3)cc2)CCC1. The number of piperidine rings is 1. The number of hydrogen-bond donors (Lipinski definition) is 1. The minimum absolute atomic E-state index is 0.594. The van der Waals surface area contributed by atoms with Gasteiger partial charge in [-0.2, -0.15) is 0 Å². The van der Waals surface area contributed by atoms with E-state index in [0.29, 0.717) is 0 Å². The number of carboxylic acids is 1. The van der Waals surface area contributed by atoms with Gasteiger partial charge in [0, 0.05) is 6.54 Å².